The van der Waals surface area contributed by atoms with Crippen LogP contribution in [0.25, 0.3) is 0 Å². The first-order valence-electron chi connectivity index (χ1n) is 8.98. The van der Waals surface area contributed by atoms with Crippen LogP contribution in [-0.4, -0.2) is 54.9 Å². The molecule has 0 radical (unpaired) electrons. The van der Waals surface area contributed by atoms with E-state index in [4.69, 9.17) is 4.74 Å². The third-order valence-corrected chi connectivity index (χ3v) is 4.96. The number of benzene rings is 1. The Bertz CT molecular complexity index is 659. The quantitative estimate of drug-likeness (QED) is 0.842. The lowest BCUT2D eigenvalue weighted by atomic mass is 9.97. The second-order valence-electron chi connectivity index (χ2n) is 7.30. The first kappa shape index (κ1) is 19.3. The van der Waals surface area contributed by atoms with E-state index in [-0.39, 0.29) is 11.8 Å². The lowest BCUT2D eigenvalue weighted by Crippen LogP contribution is -2.50. The number of piperazine rings is 1. The van der Waals surface area contributed by atoms with E-state index in [0.29, 0.717) is 38.5 Å². The van der Waals surface area contributed by atoms with E-state index in [9.17, 15) is 9.59 Å². The van der Waals surface area contributed by atoms with Crippen molar-refractivity contribution in [1.82, 2.24) is 9.80 Å². The highest BCUT2D eigenvalue weighted by molar-refractivity contribution is 5.96. The number of hydrogen-bond acceptors (Lipinski definition) is 3. The van der Waals surface area contributed by atoms with Crippen molar-refractivity contribution in [3.8, 4) is 5.75 Å². The average Bonchev–Trinajstić information content (AvgIpc) is 2.57. The maximum Gasteiger partial charge on any atom is 0.254 e. The Hall–Kier alpha value is -2.04. The molecule has 5 heteroatoms. The molecule has 25 heavy (non-hydrogen) atoms. The SMILES string of the molecule is COc1c(C)cc(C(=O)N2CCN(C(=O)CC(C)C)CC2)c(C)c1C. The normalized spacial score (nSPS) is 14.8. The number of carbonyl (C=O) groups is 2. The number of hydrogen-bond donors (Lipinski definition) is 0. The van der Waals surface area contributed by atoms with Gasteiger partial charge in [-0.2, -0.15) is 0 Å². The van der Waals surface area contributed by atoms with Crippen LogP contribution in [0.3, 0.4) is 0 Å². The van der Waals surface area contributed by atoms with Crippen molar-refractivity contribution in [3.63, 3.8) is 0 Å². The molecule has 138 valence electrons. The lowest BCUT2D eigenvalue weighted by molar-refractivity contribution is -0.133. The summed E-state index contributed by atoms with van der Waals surface area (Å²) < 4.78 is 5.44. The Morgan fingerprint density at radius 2 is 1.60 bits per heavy atom. The van der Waals surface area contributed by atoms with Crippen molar-refractivity contribution in [2.45, 2.75) is 41.0 Å². The summed E-state index contributed by atoms with van der Waals surface area (Å²) in [7, 11) is 1.66. The van der Waals surface area contributed by atoms with Crippen molar-refractivity contribution >= 4 is 11.8 Å². The summed E-state index contributed by atoms with van der Waals surface area (Å²) in [6.07, 6.45) is 0.573. The Balaban J connectivity index is 2.10. The van der Waals surface area contributed by atoms with Gasteiger partial charge in [-0.05, 0) is 49.4 Å². The first-order chi connectivity index (χ1) is 11.8. The van der Waals surface area contributed by atoms with Gasteiger partial charge in [-0.25, -0.2) is 0 Å². The molecule has 2 rings (SSSR count). The topological polar surface area (TPSA) is 49.9 Å². The summed E-state index contributed by atoms with van der Waals surface area (Å²) in [6, 6.07) is 1.92. The second kappa shape index (κ2) is 7.89. The van der Waals surface area contributed by atoms with Crippen LogP contribution in [0.15, 0.2) is 6.07 Å². The minimum atomic E-state index is 0.0438. The molecule has 1 aromatic carbocycles. The molecule has 5 nitrogen and oxygen atoms in total. The summed E-state index contributed by atoms with van der Waals surface area (Å²) in [5.41, 5.74) is 3.68. The van der Waals surface area contributed by atoms with Crippen LogP contribution in [-0.2, 0) is 4.79 Å². The highest BCUT2D eigenvalue weighted by atomic mass is 16.5. The molecule has 1 aromatic rings. The van der Waals surface area contributed by atoms with Gasteiger partial charge < -0.3 is 14.5 Å². The maximum atomic E-state index is 13.0. The van der Waals surface area contributed by atoms with Crippen molar-refractivity contribution < 1.29 is 14.3 Å². The minimum absolute atomic E-state index is 0.0438. The summed E-state index contributed by atoms with van der Waals surface area (Å²) >= 11 is 0. The number of methoxy groups -OCH3 is 1. The number of aryl methyl sites for hydroxylation is 1. The molecule has 0 saturated carbocycles. The van der Waals surface area contributed by atoms with E-state index >= 15 is 0 Å². The fourth-order valence-electron chi connectivity index (χ4n) is 3.40. The highest BCUT2D eigenvalue weighted by Crippen LogP contribution is 2.29. The van der Waals surface area contributed by atoms with Crippen LogP contribution in [0.5, 0.6) is 5.75 Å². The molecule has 0 N–H and O–H groups in total. The molecule has 0 bridgehead atoms. The molecule has 0 aliphatic carbocycles. The molecule has 0 unspecified atom stereocenters. The standard InChI is InChI=1S/C20H30N2O3/c1-13(2)11-18(23)21-7-9-22(10-8-21)20(24)17-12-14(3)19(25-6)16(5)15(17)4/h12-13H,7-11H2,1-6H3. The van der Waals surface area contributed by atoms with Crippen molar-refractivity contribution in [1.29, 1.82) is 0 Å². The monoisotopic (exact) mass is 346 g/mol. The number of nitrogens with zero attached hydrogens (tertiary/aromatic N) is 2. The lowest BCUT2D eigenvalue weighted by Gasteiger charge is -2.35. The summed E-state index contributed by atoms with van der Waals surface area (Å²) in [4.78, 5) is 28.9. The highest BCUT2D eigenvalue weighted by Gasteiger charge is 2.26. The van der Waals surface area contributed by atoms with Gasteiger partial charge in [-0.15, -0.1) is 0 Å². The number of carbonyl (C=O) groups excluding carboxylic acids is 2. The van der Waals surface area contributed by atoms with Crippen LogP contribution in [0.1, 0.15) is 47.3 Å². The largest absolute Gasteiger partial charge is 0.496 e. The van der Waals surface area contributed by atoms with E-state index < -0.39 is 0 Å². The third kappa shape index (κ3) is 4.14. The van der Waals surface area contributed by atoms with Crippen LogP contribution in [0, 0.1) is 26.7 Å². The molecule has 1 aliphatic heterocycles. The van der Waals surface area contributed by atoms with Crippen molar-refractivity contribution in [2.75, 3.05) is 33.3 Å². The fourth-order valence-corrected chi connectivity index (χ4v) is 3.40. The first-order valence-corrected chi connectivity index (χ1v) is 8.98. The zero-order chi connectivity index (χ0) is 18.7. The average molecular weight is 346 g/mol. The van der Waals surface area contributed by atoms with Gasteiger partial charge in [0.15, 0.2) is 0 Å². The van der Waals surface area contributed by atoms with Crippen LogP contribution >= 0.6 is 0 Å². The zero-order valence-corrected chi connectivity index (χ0v) is 16.3. The molecular weight excluding hydrogens is 316 g/mol. The molecule has 0 aromatic heterocycles. The van der Waals surface area contributed by atoms with Gasteiger partial charge in [0.05, 0.1) is 7.11 Å². The number of amides is 2. The van der Waals surface area contributed by atoms with E-state index in [0.717, 1.165) is 28.0 Å². The molecule has 0 atom stereocenters. The molecule has 0 spiro atoms. The molecule has 1 saturated heterocycles. The van der Waals surface area contributed by atoms with Crippen LogP contribution in [0.4, 0.5) is 0 Å². The fraction of sp³-hybridized carbons (Fsp3) is 0.600. The van der Waals surface area contributed by atoms with Gasteiger partial charge in [-0.1, -0.05) is 13.8 Å². The van der Waals surface area contributed by atoms with Crippen LogP contribution in [0.2, 0.25) is 0 Å². The molecule has 2 amide bonds. The molecule has 1 aliphatic rings. The maximum absolute atomic E-state index is 13.0. The van der Waals surface area contributed by atoms with E-state index in [1.807, 2.05) is 36.6 Å². The number of ether oxygens (including phenoxy) is 1. The number of rotatable bonds is 4. The Kier molecular flexibility index (Phi) is 6.09. The predicted molar refractivity (Wildman–Crippen MR) is 99.1 cm³/mol. The second-order valence-corrected chi connectivity index (χ2v) is 7.30. The molecular formula is C20H30N2O3. The van der Waals surface area contributed by atoms with E-state index in [2.05, 4.69) is 13.8 Å². The summed E-state index contributed by atoms with van der Waals surface area (Å²) in [6.45, 7) is 12.4. The van der Waals surface area contributed by atoms with Gasteiger partial charge >= 0.3 is 0 Å². The third-order valence-electron chi connectivity index (χ3n) is 4.96. The van der Waals surface area contributed by atoms with Gasteiger partial charge in [0, 0.05) is 38.2 Å². The van der Waals surface area contributed by atoms with E-state index in [1.165, 1.54) is 0 Å². The van der Waals surface area contributed by atoms with Gasteiger partial charge in [-0.3, -0.25) is 9.59 Å². The summed E-state index contributed by atoms with van der Waals surface area (Å²) in [5.74, 6) is 1.44. The van der Waals surface area contributed by atoms with E-state index in [1.54, 1.807) is 7.11 Å². The molecule has 1 heterocycles. The summed E-state index contributed by atoms with van der Waals surface area (Å²) in [5, 5.41) is 0. The van der Waals surface area contributed by atoms with Crippen molar-refractivity contribution in [3.05, 3.63) is 28.3 Å². The Labute approximate surface area is 150 Å². The Morgan fingerprint density at radius 3 is 2.12 bits per heavy atom. The smallest absolute Gasteiger partial charge is 0.254 e. The van der Waals surface area contributed by atoms with Gasteiger partial charge in [0.1, 0.15) is 5.75 Å². The van der Waals surface area contributed by atoms with Crippen molar-refractivity contribution in [2.24, 2.45) is 5.92 Å². The van der Waals surface area contributed by atoms with Crippen LogP contribution < -0.4 is 4.74 Å². The van der Waals surface area contributed by atoms with Gasteiger partial charge in [0.2, 0.25) is 5.91 Å². The minimum Gasteiger partial charge on any atom is -0.496 e. The molecule has 1 fully saturated rings. The zero-order valence-electron chi connectivity index (χ0n) is 16.3. The van der Waals surface area contributed by atoms with Gasteiger partial charge in [0.25, 0.3) is 5.91 Å². The Morgan fingerprint density at radius 1 is 1.04 bits per heavy atom. The predicted octanol–water partition coefficient (Wildman–Crippen LogP) is 2.95.